The van der Waals surface area contributed by atoms with Crippen LogP contribution in [0.5, 0.6) is 0 Å². The van der Waals surface area contributed by atoms with Gasteiger partial charge in [-0.3, -0.25) is 4.79 Å². The number of nitrogens with one attached hydrogen (secondary N) is 1. The summed E-state index contributed by atoms with van der Waals surface area (Å²) in [5.41, 5.74) is 5.75. The van der Waals surface area contributed by atoms with Crippen molar-refractivity contribution in [2.24, 2.45) is 5.92 Å². The molecule has 0 atom stereocenters. The monoisotopic (exact) mass is 234 g/mol. The van der Waals surface area contributed by atoms with Crippen molar-refractivity contribution < 1.29 is 4.79 Å². The standard InChI is InChI=1S/C12H18N4O/c1-8-2-4-9(5-3-8)16-12(17)10-6-15-11(13)7-14-10/h6-9H,2-5H2,1H3,(H2,13,15)(H,16,17). The summed E-state index contributed by atoms with van der Waals surface area (Å²) in [7, 11) is 0. The molecule has 2 rings (SSSR count). The van der Waals surface area contributed by atoms with Gasteiger partial charge in [0, 0.05) is 6.04 Å². The third-order valence-corrected chi connectivity index (χ3v) is 3.26. The highest BCUT2D eigenvalue weighted by Gasteiger charge is 2.20. The highest BCUT2D eigenvalue weighted by Crippen LogP contribution is 2.23. The summed E-state index contributed by atoms with van der Waals surface area (Å²) in [5, 5.41) is 2.99. The van der Waals surface area contributed by atoms with Gasteiger partial charge in [0.05, 0.1) is 12.4 Å². The fraction of sp³-hybridized carbons (Fsp3) is 0.583. The van der Waals surface area contributed by atoms with Gasteiger partial charge in [0.2, 0.25) is 0 Å². The van der Waals surface area contributed by atoms with Crippen molar-refractivity contribution >= 4 is 11.7 Å². The second-order valence-electron chi connectivity index (χ2n) is 4.76. The fourth-order valence-corrected chi connectivity index (χ4v) is 2.12. The Morgan fingerprint density at radius 3 is 2.59 bits per heavy atom. The number of hydrogen-bond acceptors (Lipinski definition) is 4. The van der Waals surface area contributed by atoms with E-state index in [4.69, 9.17) is 5.73 Å². The normalized spacial score (nSPS) is 24.3. The molecule has 17 heavy (non-hydrogen) atoms. The molecule has 1 heterocycles. The molecule has 0 aromatic carbocycles. The van der Waals surface area contributed by atoms with Crippen LogP contribution >= 0.6 is 0 Å². The number of rotatable bonds is 2. The van der Waals surface area contributed by atoms with E-state index in [0.29, 0.717) is 11.5 Å². The molecule has 1 aromatic rings. The van der Waals surface area contributed by atoms with Gasteiger partial charge in [0.15, 0.2) is 0 Å². The molecule has 5 heteroatoms. The van der Waals surface area contributed by atoms with E-state index in [1.165, 1.54) is 25.2 Å². The first-order valence-electron chi connectivity index (χ1n) is 6.03. The number of nitrogens with zero attached hydrogens (tertiary/aromatic N) is 2. The van der Waals surface area contributed by atoms with Gasteiger partial charge in [0.25, 0.3) is 5.91 Å². The van der Waals surface area contributed by atoms with Crippen LogP contribution in [0.25, 0.3) is 0 Å². The van der Waals surface area contributed by atoms with Crippen LogP contribution in [0.4, 0.5) is 5.82 Å². The number of anilines is 1. The molecule has 1 aliphatic carbocycles. The Bertz CT molecular complexity index is 382. The maximum atomic E-state index is 11.9. The van der Waals surface area contributed by atoms with Crippen molar-refractivity contribution in [3.05, 3.63) is 18.1 Å². The molecule has 0 aliphatic heterocycles. The molecule has 0 radical (unpaired) electrons. The summed E-state index contributed by atoms with van der Waals surface area (Å²) in [4.78, 5) is 19.7. The zero-order valence-electron chi connectivity index (χ0n) is 10.0. The summed E-state index contributed by atoms with van der Waals surface area (Å²) in [6.45, 7) is 2.25. The highest BCUT2D eigenvalue weighted by molar-refractivity contribution is 5.92. The number of carbonyl (C=O) groups is 1. The van der Waals surface area contributed by atoms with Gasteiger partial charge in [-0.05, 0) is 31.6 Å². The SMILES string of the molecule is CC1CCC(NC(=O)c2cnc(N)cn2)CC1. The summed E-state index contributed by atoms with van der Waals surface area (Å²) in [6.07, 6.45) is 7.27. The Labute approximate surface area is 101 Å². The first-order valence-corrected chi connectivity index (χ1v) is 6.03. The number of hydrogen-bond donors (Lipinski definition) is 2. The second kappa shape index (κ2) is 5.12. The van der Waals surface area contributed by atoms with Crippen molar-refractivity contribution in [3.8, 4) is 0 Å². The lowest BCUT2D eigenvalue weighted by atomic mass is 9.87. The lowest BCUT2D eigenvalue weighted by Crippen LogP contribution is -2.37. The third-order valence-electron chi connectivity index (χ3n) is 3.26. The molecule has 1 fully saturated rings. The Kier molecular flexibility index (Phi) is 3.56. The molecule has 0 unspecified atom stereocenters. The van der Waals surface area contributed by atoms with Gasteiger partial charge in [-0.15, -0.1) is 0 Å². The molecule has 1 aliphatic rings. The van der Waals surface area contributed by atoms with Gasteiger partial charge in [-0.25, -0.2) is 9.97 Å². The Hall–Kier alpha value is -1.65. The molecular weight excluding hydrogens is 216 g/mol. The minimum atomic E-state index is -0.156. The Balaban J connectivity index is 1.91. The maximum absolute atomic E-state index is 11.9. The van der Waals surface area contributed by atoms with E-state index >= 15 is 0 Å². The van der Waals surface area contributed by atoms with Gasteiger partial charge in [0.1, 0.15) is 11.5 Å². The minimum absolute atomic E-state index is 0.156. The average Bonchev–Trinajstić information content (AvgIpc) is 2.33. The first kappa shape index (κ1) is 11.8. The van der Waals surface area contributed by atoms with Gasteiger partial charge >= 0.3 is 0 Å². The topological polar surface area (TPSA) is 80.9 Å². The van der Waals surface area contributed by atoms with E-state index in [1.807, 2.05) is 0 Å². The van der Waals surface area contributed by atoms with E-state index in [9.17, 15) is 4.79 Å². The molecule has 5 nitrogen and oxygen atoms in total. The third kappa shape index (κ3) is 3.15. The summed E-state index contributed by atoms with van der Waals surface area (Å²) < 4.78 is 0. The van der Waals surface area contributed by atoms with E-state index in [-0.39, 0.29) is 11.9 Å². The lowest BCUT2D eigenvalue weighted by Gasteiger charge is -2.26. The molecule has 0 spiro atoms. The summed E-state index contributed by atoms with van der Waals surface area (Å²) in [5.74, 6) is 0.949. The number of amides is 1. The molecule has 1 aromatic heterocycles. The van der Waals surface area contributed by atoms with Gasteiger partial charge in [-0.2, -0.15) is 0 Å². The van der Waals surface area contributed by atoms with Crippen LogP contribution in [0, 0.1) is 5.92 Å². The van der Waals surface area contributed by atoms with Crippen molar-refractivity contribution in [2.75, 3.05) is 5.73 Å². The predicted molar refractivity (Wildman–Crippen MR) is 65.3 cm³/mol. The number of aromatic nitrogens is 2. The van der Waals surface area contributed by atoms with Crippen LogP contribution in [0.15, 0.2) is 12.4 Å². The van der Waals surface area contributed by atoms with Crippen LogP contribution in [-0.4, -0.2) is 21.9 Å². The van der Waals surface area contributed by atoms with E-state index < -0.39 is 0 Å². The maximum Gasteiger partial charge on any atom is 0.271 e. The predicted octanol–water partition coefficient (Wildman–Crippen LogP) is 1.37. The number of carbonyl (C=O) groups excluding carboxylic acids is 1. The quantitative estimate of drug-likeness (QED) is 0.809. The smallest absolute Gasteiger partial charge is 0.271 e. The van der Waals surface area contributed by atoms with Crippen LogP contribution < -0.4 is 11.1 Å². The van der Waals surface area contributed by atoms with Crippen molar-refractivity contribution in [1.82, 2.24) is 15.3 Å². The molecule has 1 saturated carbocycles. The van der Waals surface area contributed by atoms with E-state index in [0.717, 1.165) is 18.8 Å². The average molecular weight is 234 g/mol. The number of nitrogens with two attached hydrogens (primary N) is 1. The van der Waals surface area contributed by atoms with Crippen molar-refractivity contribution in [2.45, 2.75) is 38.6 Å². The van der Waals surface area contributed by atoms with Crippen LogP contribution in [0.3, 0.4) is 0 Å². The zero-order valence-corrected chi connectivity index (χ0v) is 10.0. The molecule has 92 valence electrons. The Morgan fingerprint density at radius 2 is 2.00 bits per heavy atom. The fourth-order valence-electron chi connectivity index (χ4n) is 2.12. The largest absolute Gasteiger partial charge is 0.382 e. The minimum Gasteiger partial charge on any atom is -0.382 e. The van der Waals surface area contributed by atoms with Crippen molar-refractivity contribution in [1.29, 1.82) is 0 Å². The van der Waals surface area contributed by atoms with Gasteiger partial charge < -0.3 is 11.1 Å². The highest BCUT2D eigenvalue weighted by atomic mass is 16.1. The molecule has 3 N–H and O–H groups in total. The summed E-state index contributed by atoms with van der Waals surface area (Å²) in [6, 6.07) is 0.276. The van der Waals surface area contributed by atoms with E-state index in [1.54, 1.807) is 0 Å². The van der Waals surface area contributed by atoms with E-state index in [2.05, 4.69) is 22.2 Å². The lowest BCUT2D eigenvalue weighted by molar-refractivity contribution is 0.0917. The van der Waals surface area contributed by atoms with Crippen LogP contribution in [0.2, 0.25) is 0 Å². The van der Waals surface area contributed by atoms with Crippen LogP contribution in [0.1, 0.15) is 43.1 Å². The van der Waals surface area contributed by atoms with Gasteiger partial charge in [-0.1, -0.05) is 6.92 Å². The second-order valence-corrected chi connectivity index (χ2v) is 4.76. The molecule has 1 amide bonds. The molecular formula is C12H18N4O. The number of nitrogen functional groups attached to an aromatic ring is 1. The molecule has 0 bridgehead atoms. The Morgan fingerprint density at radius 1 is 1.29 bits per heavy atom. The first-order chi connectivity index (χ1) is 8.15. The van der Waals surface area contributed by atoms with Crippen molar-refractivity contribution in [3.63, 3.8) is 0 Å². The molecule has 0 saturated heterocycles. The van der Waals surface area contributed by atoms with Crippen LogP contribution in [-0.2, 0) is 0 Å². The zero-order chi connectivity index (χ0) is 12.3. The summed E-state index contributed by atoms with van der Waals surface area (Å²) >= 11 is 0.